The first-order chi connectivity index (χ1) is 9.70. The number of aromatic nitrogens is 2. The Morgan fingerprint density at radius 2 is 2.20 bits per heavy atom. The highest BCUT2D eigenvalue weighted by Crippen LogP contribution is 2.13. The monoisotopic (exact) mass is 287 g/mol. The van der Waals surface area contributed by atoms with Gasteiger partial charge >= 0.3 is 0 Å². The van der Waals surface area contributed by atoms with E-state index in [1.54, 1.807) is 5.38 Å². The highest BCUT2D eigenvalue weighted by atomic mass is 32.1. The first kappa shape index (κ1) is 14.2. The molecule has 2 aromatic rings. The summed E-state index contributed by atoms with van der Waals surface area (Å²) in [7, 11) is 0. The fourth-order valence-electron chi connectivity index (χ4n) is 1.61. The van der Waals surface area contributed by atoms with Gasteiger partial charge in [0.1, 0.15) is 6.61 Å². The molecule has 0 aliphatic rings. The predicted octanol–water partition coefficient (Wildman–Crippen LogP) is 1.37. The zero-order valence-electron chi connectivity index (χ0n) is 10.8. The molecule has 1 heterocycles. The smallest absolute Gasteiger partial charge is 0.273 e. The van der Waals surface area contributed by atoms with Gasteiger partial charge in [-0.25, -0.2) is 0 Å². The van der Waals surface area contributed by atoms with E-state index in [1.165, 1.54) is 0 Å². The average Bonchev–Trinajstić information content (AvgIpc) is 3.00. The number of benzene rings is 1. The molecular formula is C14H13N3O2S. The largest absolute Gasteiger partial charge is 0.384 e. The first-order valence-electron chi connectivity index (χ1n) is 5.98. The molecule has 2 rings (SSSR count). The van der Waals surface area contributed by atoms with E-state index in [2.05, 4.69) is 26.7 Å². The van der Waals surface area contributed by atoms with Crippen molar-refractivity contribution in [3.8, 4) is 11.8 Å². The number of amides is 1. The molecule has 6 heteroatoms. The highest BCUT2D eigenvalue weighted by molar-refractivity contribution is 7.03. The van der Waals surface area contributed by atoms with E-state index >= 15 is 0 Å². The molecule has 0 saturated carbocycles. The van der Waals surface area contributed by atoms with Crippen molar-refractivity contribution in [2.45, 2.75) is 13.0 Å². The van der Waals surface area contributed by atoms with Crippen LogP contribution in [0.2, 0.25) is 0 Å². The normalized spacial score (nSPS) is 11.3. The Kier molecular flexibility index (Phi) is 4.82. The van der Waals surface area contributed by atoms with Gasteiger partial charge in [0.25, 0.3) is 5.91 Å². The van der Waals surface area contributed by atoms with E-state index in [9.17, 15) is 4.79 Å². The maximum atomic E-state index is 11.8. The lowest BCUT2D eigenvalue weighted by molar-refractivity contribution is 0.0935. The third-order valence-corrected chi connectivity index (χ3v) is 3.17. The van der Waals surface area contributed by atoms with Crippen LogP contribution in [0.15, 0.2) is 29.6 Å². The fourth-order valence-corrected chi connectivity index (χ4v) is 2.05. The fraction of sp³-hybridized carbons (Fsp3) is 0.214. The summed E-state index contributed by atoms with van der Waals surface area (Å²) in [5.74, 6) is 5.16. The molecule has 2 N–H and O–H groups in total. The summed E-state index contributed by atoms with van der Waals surface area (Å²) in [6.45, 7) is 1.74. The Bertz CT molecular complexity index is 627. The van der Waals surface area contributed by atoms with Crippen LogP contribution in [0.4, 0.5) is 0 Å². The summed E-state index contributed by atoms with van der Waals surface area (Å²) in [5.41, 5.74) is 2.12. The number of carbonyl (C=O) groups excluding carboxylic acids is 1. The van der Waals surface area contributed by atoms with Crippen LogP contribution in [-0.4, -0.2) is 27.2 Å². The number of nitrogens with zero attached hydrogens (tertiary/aromatic N) is 2. The summed E-state index contributed by atoms with van der Waals surface area (Å²) < 4.78 is 3.66. The van der Waals surface area contributed by atoms with Crippen molar-refractivity contribution in [1.29, 1.82) is 0 Å². The van der Waals surface area contributed by atoms with Gasteiger partial charge in [-0.05, 0) is 36.2 Å². The Morgan fingerprint density at radius 1 is 1.45 bits per heavy atom. The molecule has 1 amide bonds. The van der Waals surface area contributed by atoms with Crippen LogP contribution in [-0.2, 0) is 0 Å². The lowest BCUT2D eigenvalue weighted by atomic mass is 10.1. The number of carbonyl (C=O) groups is 1. The third-order valence-electron chi connectivity index (χ3n) is 2.66. The van der Waals surface area contributed by atoms with Gasteiger partial charge in [-0.15, -0.1) is 5.10 Å². The number of aliphatic hydroxyl groups is 1. The summed E-state index contributed by atoms with van der Waals surface area (Å²) in [6, 6.07) is 7.36. The molecule has 5 nitrogen and oxygen atoms in total. The lowest BCUT2D eigenvalue weighted by Gasteiger charge is -2.13. The molecule has 1 aromatic carbocycles. The number of rotatable bonds is 3. The molecule has 0 saturated heterocycles. The lowest BCUT2D eigenvalue weighted by Crippen LogP contribution is -2.26. The topological polar surface area (TPSA) is 75.1 Å². The molecular weight excluding hydrogens is 274 g/mol. The number of hydrogen-bond donors (Lipinski definition) is 2. The summed E-state index contributed by atoms with van der Waals surface area (Å²) in [4.78, 5) is 11.8. The second-order valence-electron chi connectivity index (χ2n) is 4.07. The van der Waals surface area contributed by atoms with Crippen molar-refractivity contribution in [3.63, 3.8) is 0 Å². The van der Waals surface area contributed by atoms with Crippen LogP contribution in [0.3, 0.4) is 0 Å². The quantitative estimate of drug-likeness (QED) is 0.836. The second-order valence-corrected chi connectivity index (χ2v) is 4.68. The zero-order chi connectivity index (χ0) is 14.4. The predicted molar refractivity (Wildman–Crippen MR) is 76.2 cm³/mol. The maximum Gasteiger partial charge on any atom is 0.273 e. The number of hydrogen-bond acceptors (Lipinski definition) is 5. The maximum absolute atomic E-state index is 11.8. The molecule has 1 atom stereocenters. The summed E-state index contributed by atoms with van der Waals surface area (Å²) >= 11 is 1.14. The van der Waals surface area contributed by atoms with E-state index < -0.39 is 0 Å². The van der Waals surface area contributed by atoms with Crippen LogP contribution >= 0.6 is 11.5 Å². The Labute approximate surface area is 120 Å². The van der Waals surface area contributed by atoms with Gasteiger partial charge in [0.2, 0.25) is 0 Å². The number of aliphatic hydroxyl groups excluding tert-OH is 1. The summed E-state index contributed by atoms with van der Waals surface area (Å²) in [5, 5.41) is 16.8. The average molecular weight is 287 g/mol. The molecule has 1 unspecified atom stereocenters. The minimum Gasteiger partial charge on any atom is -0.384 e. The van der Waals surface area contributed by atoms with Crippen molar-refractivity contribution in [1.82, 2.24) is 14.9 Å². The van der Waals surface area contributed by atoms with Crippen LogP contribution in [0.25, 0.3) is 0 Å². The second kappa shape index (κ2) is 6.80. The van der Waals surface area contributed by atoms with E-state index in [1.807, 2.05) is 31.2 Å². The van der Waals surface area contributed by atoms with Crippen molar-refractivity contribution in [2.24, 2.45) is 0 Å². The highest BCUT2D eigenvalue weighted by Gasteiger charge is 2.13. The van der Waals surface area contributed by atoms with Gasteiger partial charge in [0.05, 0.1) is 6.04 Å². The number of nitrogens with one attached hydrogen (secondary N) is 1. The zero-order valence-corrected chi connectivity index (χ0v) is 11.6. The molecule has 0 spiro atoms. The van der Waals surface area contributed by atoms with Gasteiger partial charge < -0.3 is 10.4 Å². The van der Waals surface area contributed by atoms with Crippen LogP contribution in [0, 0.1) is 11.8 Å². The van der Waals surface area contributed by atoms with Gasteiger partial charge in [-0.1, -0.05) is 28.5 Å². The van der Waals surface area contributed by atoms with Crippen molar-refractivity contribution in [2.75, 3.05) is 6.61 Å². The van der Waals surface area contributed by atoms with E-state index in [0.717, 1.165) is 22.7 Å². The Morgan fingerprint density at radius 3 is 2.80 bits per heavy atom. The molecule has 0 aliphatic carbocycles. The molecule has 0 bridgehead atoms. The molecule has 1 aromatic heterocycles. The van der Waals surface area contributed by atoms with Crippen LogP contribution in [0.1, 0.15) is 34.6 Å². The van der Waals surface area contributed by atoms with Gasteiger partial charge in [0, 0.05) is 10.9 Å². The van der Waals surface area contributed by atoms with Crippen molar-refractivity contribution >= 4 is 17.4 Å². The minimum absolute atomic E-state index is 0.135. The van der Waals surface area contributed by atoms with E-state index in [-0.39, 0.29) is 18.6 Å². The van der Waals surface area contributed by atoms with Crippen LogP contribution in [0.5, 0.6) is 0 Å². The first-order valence-corrected chi connectivity index (χ1v) is 6.82. The van der Waals surface area contributed by atoms with Crippen molar-refractivity contribution in [3.05, 3.63) is 46.5 Å². The van der Waals surface area contributed by atoms with E-state index in [4.69, 9.17) is 5.11 Å². The Hall–Kier alpha value is -2.23. The SMILES string of the molecule is CC(NC(=O)c1csnn1)c1ccc(C#CCO)cc1. The van der Waals surface area contributed by atoms with Gasteiger partial charge in [-0.2, -0.15) is 0 Å². The molecule has 20 heavy (non-hydrogen) atoms. The molecule has 0 aliphatic heterocycles. The Balaban J connectivity index is 2.02. The van der Waals surface area contributed by atoms with Crippen molar-refractivity contribution < 1.29 is 9.90 Å². The van der Waals surface area contributed by atoms with Gasteiger partial charge in [-0.3, -0.25) is 4.79 Å². The molecule has 0 fully saturated rings. The standard InChI is InChI=1S/C14H13N3O2S/c1-10(15-14(19)13-9-20-17-16-13)12-6-4-11(5-7-12)3-2-8-18/h4-7,9-10,18H,8H2,1H3,(H,15,19). The molecule has 102 valence electrons. The minimum atomic E-state index is -0.240. The van der Waals surface area contributed by atoms with E-state index in [0.29, 0.717) is 5.69 Å². The van der Waals surface area contributed by atoms with Gasteiger partial charge in [0.15, 0.2) is 5.69 Å². The third kappa shape index (κ3) is 3.63. The van der Waals surface area contributed by atoms with Crippen LogP contribution < -0.4 is 5.32 Å². The molecule has 0 radical (unpaired) electrons. The summed E-state index contributed by atoms with van der Waals surface area (Å²) in [6.07, 6.45) is 0.